The van der Waals surface area contributed by atoms with Crippen LogP contribution in [0.15, 0.2) is 58.4 Å². The Bertz CT molecular complexity index is 997. The first-order chi connectivity index (χ1) is 12.6. The zero-order valence-electron chi connectivity index (χ0n) is 14.7. The Morgan fingerprint density at radius 1 is 1.04 bits per heavy atom. The second-order valence-corrected chi connectivity index (χ2v) is 5.43. The highest BCUT2D eigenvalue weighted by Crippen LogP contribution is 2.23. The van der Waals surface area contributed by atoms with E-state index in [-0.39, 0.29) is 11.3 Å². The minimum Gasteiger partial charge on any atom is -0.497 e. The average molecular weight is 350 g/mol. The zero-order chi connectivity index (χ0) is 18.5. The maximum absolute atomic E-state index is 12.8. The van der Waals surface area contributed by atoms with Crippen LogP contribution in [0.3, 0.4) is 0 Å². The molecule has 0 atom stereocenters. The van der Waals surface area contributed by atoms with Crippen LogP contribution < -0.4 is 15.0 Å². The van der Waals surface area contributed by atoms with Crippen molar-refractivity contribution in [2.75, 3.05) is 14.2 Å². The average Bonchev–Trinajstić information content (AvgIpc) is 2.68. The number of aryl methyl sites for hydroxylation is 1. The summed E-state index contributed by atoms with van der Waals surface area (Å²) >= 11 is 0. The summed E-state index contributed by atoms with van der Waals surface area (Å²) in [4.78, 5) is 12.8. The van der Waals surface area contributed by atoms with E-state index in [0.29, 0.717) is 28.5 Å². The van der Waals surface area contributed by atoms with Crippen molar-refractivity contribution in [3.8, 4) is 22.8 Å². The normalized spacial score (nSPS) is 10.9. The summed E-state index contributed by atoms with van der Waals surface area (Å²) in [6.07, 6.45) is 1.54. The Kier molecular flexibility index (Phi) is 5.07. The first-order valence-electron chi connectivity index (χ1n) is 7.92. The van der Waals surface area contributed by atoms with Crippen molar-refractivity contribution in [1.29, 1.82) is 0 Å². The Morgan fingerprint density at radius 2 is 1.81 bits per heavy atom. The molecule has 2 aromatic carbocycles. The lowest BCUT2D eigenvalue weighted by Crippen LogP contribution is -2.24. The van der Waals surface area contributed by atoms with Gasteiger partial charge in [-0.25, -0.2) is 0 Å². The molecule has 0 bridgehead atoms. The fourth-order valence-corrected chi connectivity index (χ4v) is 2.41. The van der Waals surface area contributed by atoms with Crippen molar-refractivity contribution >= 4 is 6.21 Å². The molecule has 0 saturated heterocycles. The third kappa shape index (κ3) is 3.46. The first kappa shape index (κ1) is 17.3. The van der Waals surface area contributed by atoms with E-state index in [2.05, 4.69) is 15.3 Å². The van der Waals surface area contributed by atoms with Crippen LogP contribution in [0.1, 0.15) is 11.4 Å². The van der Waals surface area contributed by atoms with Gasteiger partial charge in [0.25, 0.3) is 0 Å². The molecule has 132 valence electrons. The summed E-state index contributed by atoms with van der Waals surface area (Å²) in [5.41, 5.74) is 1.30. The summed E-state index contributed by atoms with van der Waals surface area (Å²) in [6.45, 7) is 1.67. The van der Waals surface area contributed by atoms with Crippen LogP contribution in [0.4, 0.5) is 0 Å². The van der Waals surface area contributed by atoms with Crippen LogP contribution in [0.5, 0.6) is 11.5 Å². The molecule has 1 heterocycles. The van der Waals surface area contributed by atoms with Gasteiger partial charge in [0.1, 0.15) is 11.5 Å². The number of hydrogen-bond acceptors (Lipinski definition) is 6. The highest BCUT2D eigenvalue weighted by atomic mass is 16.5. The van der Waals surface area contributed by atoms with Gasteiger partial charge < -0.3 is 9.47 Å². The van der Waals surface area contributed by atoms with Crippen LogP contribution >= 0.6 is 0 Å². The monoisotopic (exact) mass is 350 g/mol. The molecular weight excluding hydrogens is 332 g/mol. The smallest absolute Gasteiger partial charge is 0.301 e. The van der Waals surface area contributed by atoms with Gasteiger partial charge in [0, 0.05) is 17.2 Å². The zero-order valence-corrected chi connectivity index (χ0v) is 14.7. The lowest BCUT2D eigenvalue weighted by Gasteiger charge is -2.08. The third-order valence-corrected chi connectivity index (χ3v) is 3.80. The van der Waals surface area contributed by atoms with E-state index in [1.807, 2.05) is 18.2 Å². The quantitative estimate of drug-likeness (QED) is 0.661. The van der Waals surface area contributed by atoms with Crippen molar-refractivity contribution < 1.29 is 9.47 Å². The summed E-state index contributed by atoms with van der Waals surface area (Å²) in [7, 11) is 3.14. The van der Waals surface area contributed by atoms with Gasteiger partial charge in [-0.05, 0) is 19.1 Å². The largest absolute Gasteiger partial charge is 0.497 e. The van der Waals surface area contributed by atoms with Gasteiger partial charge in [-0.15, -0.1) is 10.2 Å². The molecule has 0 aliphatic rings. The molecule has 0 amide bonds. The molecule has 26 heavy (non-hydrogen) atoms. The maximum atomic E-state index is 12.8. The maximum Gasteiger partial charge on any atom is 0.301 e. The first-order valence-corrected chi connectivity index (χ1v) is 7.92. The summed E-state index contributed by atoms with van der Waals surface area (Å²) in [5, 5.41) is 12.3. The highest BCUT2D eigenvalue weighted by molar-refractivity contribution is 5.83. The molecule has 0 unspecified atom stereocenters. The molecule has 7 nitrogen and oxygen atoms in total. The number of benzene rings is 2. The fourth-order valence-electron chi connectivity index (χ4n) is 2.41. The van der Waals surface area contributed by atoms with E-state index in [1.165, 1.54) is 4.68 Å². The SMILES string of the molecule is COc1ccc(/C=N/n2c(C)nnc(-c3ccccc3)c2=O)c(OC)c1. The number of nitrogens with zero attached hydrogens (tertiary/aromatic N) is 4. The van der Waals surface area contributed by atoms with Crippen LogP contribution in [0.25, 0.3) is 11.3 Å². The van der Waals surface area contributed by atoms with Crippen LogP contribution in [-0.2, 0) is 0 Å². The van der Waals surface area contributed by atoms with E-state index in [0.717, 1.165) is 0 Å². The Labute approximate surface area is 150 Å². The molecule has 0 saturated carbocycles. The highest BCUT2D eigenvalue weighted by Gasteiger charge is 2.11. The predicted molar refractivity (Wildman–Crippen MR) is 99.0 cm³/mol. The topological polar surface area (TPSA) is 78.6 Å². The lowest BCUT2D eigenvalue weighted by atomic mass is 10.2. The molecule has 0 N–H and O–H groups in total. The van der Waals surface area contributed by atoms with Crippen LogP contribution in [-0.4, -0.2) is 35.3 Å². The molecule has 0 aliphatic carbocycles. The molecule has 0 radical (unpaired) electrons. The molecule has 0 spiro atoms. The van der Waals surface area contributed by atoms with E-state index in [1.54, 1.807) is 57.7 Å². The third-order valence-electron chi connectivity index (χ3n) is 3.80. The van der Waals surface area contributed by atoms with Gasteiger partial charge in [-0.1, -0.05) is 30.3 Å². The number of hydrogen-bond donors (Lipinski definition) is 0. The van der Waals surface area contributed by atoms with Crippen molar-refractivity contribution in [3.63, 3.8) is 0 Å². The number of aromatic nitrogens is 3. The van der Waals surface area contributed by atoms with E-state index in [9.17, 15) is 4.79 Å². The van der Waals surface area contributed by atoms with Crippen LogP contribution in [0.2, 0.25) is 0 Å². The van der Waals surface area contributed by atoms with Crippen molar-refractivity contribution in [2.45, 2.75) is 6.92 Å². The molecule has 3 aromatic rings. The van der Waals surface area contributed by atoms with Gasteiger partial charge >= 0.3 is 5.56 Å². The number of ether oxygens (including phenoxy) is 2. The number of rotatable bonds is 5. The predicted octanol–water partition coefficient (Wildman–Crippen LogP) is 2.51. The molecule has 3 rings (SSSR count). The van der Waals surface area contributed by atoms with Gasteiger partial charge in [-0.2, -0.15) is 9.78 Å². The van der Waals surface area contributed by atoms with Gasteiger partial charge in [-0.3, -0.25) is 4.79 Å². The second kappa shape index (κ2) is 7.60. The summed E-state index contributed by atoms with van der Waals surface area (Å²) < 4.78 is 11.7. The molecule has 1 aromatic heterocycles. The van der Waals surface area contributed by atoms with Gasteiger partial charge in [0.05, 0.1) is 20.4 Å². The van der Waals surface area contributed by atoms with E-state index >= 15 is 0 Å². The lowest BCUT2D eigenvalue weighted by molar-refractivity contribution is 0.394. The summed E-state index contributed by atoms with van der Waals surface area (Å²) in [6, 6.07) is 14.5. The number of methoxy groups -OCH3 is 2. The Hall–Kier alpha value is -3.48. The molecule has 7 heteroatoms. The van der Waals surface area contributed by atoms with Gasteiger partial charge in [0.15, 0.2) is 11.5 Å². The van der Waals surface area contributed by atoms with Crippen molar-refractivity contribution in [1.82, 2.24) is 14.9 Å². The van der Waals surface area contributed by atoms with E-state index < -0.39 is 0 Å². The summed E-state index contributed by atoms with van der Waals surface area (Å²) in [5.74, 6) is 1.65. The Morgan fingerprint density at radius 3 is 2.50 bits per heavy atom. The molecule has 0 fully saturated rings. The van der Waals surface area contributed by atoms with Crippen molar-refractivity contribution in [3.05, 3.63) is 70.3 Å². The van der Waals surface area contributed by atoms with Crippen LogP contribution in [0, 0.1) is 6.92 Å². The van der Waals surface area contributed by atoms with Crippen molar-refractivity contribution in [2.24, 2.45) is 5.10 Å². The standard InChI is InChI=1S/C19H18N4O3/c1-13-21-22-18(14-7-5-4-6-8-14)19(24)23(13)20-12-15-9-10-16(25-2)11-17(15)26-3/h4-12H,1-3H3/b20-12+. The molecule has 0 aliphatic heterocycles. The minimum absolute atomic E-state index is 0.245. The van der Waals surface area contributed by atoms with Gasteiger partial charge in [0.2, 0.25) is 0 Å². The Balaban J connectivity index is 2.03. The second-order valence-electron chi connectivity index (χ2n) is 5.43. The fraction of sp³-hybridized carbons (Fsp3) is 0.158. The minimum atomic E-state index is -0.340. The van der Waals surface area contributed by atoms with E-state index in [4.69, 9.17) is 9.47 Å². The molecular formula is C19H18N4O3.